The third-order valence-electron chi connectivity index (χ3n) is 2.99. The molecule has 1 heterocycles. The summed E-state index contributed by atoms with van der Waals surface area (Å²) in [5.41, 5.74) is 4.86. The summed E-state index contributed by atoms with van der Waals surface area (Å²) >= 11 is 11.2. The summed E-state index contributed by atoms with van der Waals surface area (Å²) in [6.07, 6.45) is 0. The molecule has 1 fully saturated rings. The van der Waals surface area contributed by atoms with Crippen LogP contribution in [0.1, 0.15) is 12.5 Å². The molecule has 1 aliphatic rings. The SMILES string of the molecule is C/C(=N\NC(=S)N1CCNCC1)c1ccc(Cl)cc1. The molecule has 2 N–H and O–H groups in total. The second-order valence-electron chi connectivity index (χ2n) is 4.36. The fourth-order valence-corrected chi connectivity index (χ4v) is 2.18. The highest BCUT2D eigenvalue weighted by Gasteiger charge is 2.12. The number of rotatable bonds is 2. The van der Waals surface area contributed by atoms with Crippen molar-refractivity contribution < 1.29 is 0 Å². The Morgan fingerprint density at radius 3 is 2.58 bits per heavy atom. The third kappa shape index (κ3) is 4.16. The standard InChI is InChI=1S/C13H17ClN4S/c1-10(11-2-4-12(14)5-3-11)16-17-13(19)18-8-6-15-7-9-18/h2-5,15H,6-9H2,1H3,(H,17,19)/b16-10+. The molecule has 0 spiro atoms. The monoisotopic (exact) mass is 296 g/mol. The summed E-state index contributed by atoms with van der Waals surface area (Å²) < 4.78 is 0. The number of nitrogens with zero attached hydrogens (tertiary/aromatic N) is 2. The predicted octanol–water partition coefficient (Wildman–Crippen LogP) is 1.84. The highest BCUT2D eigenvalue weighted by atomic mass is 35.5. The van der Waals surface area contributed by atoms with Gasteiger partial charge in [-0.25, -0.2) is 0 Å². The number of hydrogen-bond acceptors (Lipinski definition) is 3. The summed E-state index contributed by atoms with van der Waals surface area (Å²) in [5.74, 6) is 0. The van der Waals surface area contributed by atoms with Gasteiger partial charge in [0, 0.05) is 31.2 Å². The van der Waals surface area contributed by atoms with Gasteiger partial charge in [0.05, 0.1) is 5.71 Å². The second kappa shape index (κ2) is 6.84. The number of hydrazone groups is 1. The molecule has 1 aromatic rings. The Morgan fingerprint density at radius 2 is 1.95 bits per heavy atom. The minimum atomic E-state index is 0.676. The first-order valence-corrected chi connectivity index (χ1v) is 7.01. The van der Waals surface area contributed by atoms with Gasteiger partial charge in [0.2, 0.25) is 0 Å². The van der Waals surface area contributed by atoms with Crippen molar-refractivity contribution in [2.45, 2.75) is 6.92 Å². The third-order valence-corrected chi connectivity index (χ3v) is 3.59. The van der Waals surface area contributed by atoms with Gasteiger partial charge in [0.1, 0.15) is 0 Å². The molecule has 4 nitrogen and oxygen atoms in total. The highest BCUT2D eigenvalue weighted by Crippen LogP contribution is 2.10. The molecule has 0 radical (unpaired) electrons. The number of benzene rings is 1. The zero-order valence-electron chi connectivity index (χ0n) is 10.8. The van der Waals surface area contributed by atoms with E-state index in [4.69, 9.17) is 23.8 Å². The molecular weight excluding hydrogens is 280 g/mol. The van der Waals surface area contributed by atoms with E-state index in [1.807, 2.05) is 31.2 Å². The van der Waals surface area contributed by atoms with E-state index in [0.717, 1.165) is 42.5 Å². The van der Waals surface area contributed by atoms with Crippen LogP contribution in [0, 0.1) is 0 Å². The van der Waals surface area contributed by atoms with Gasteiger partial charge < -0.3 is 10.2 Å². The van der Waals surface area contributed by atoms with E-state index in [1.165, 1.54) is 0 Å². The minimum Gasteiger partial charge on any atom is -0.345 e. The number of halogens is 1. The van der Waals surface area contributed by atoms with Crippen LogP contribution in [0.3, 0.4) is 0 Å². The maximum absolute atomic E-state index is 5.86. The summed E-state index contributed by atoms with van der Waals surface area (Å²) in [5, 5.41) is 9.01. The summed E-state index contributed by atoms with van der Waals surface area (Å²) in [7, 11) is 0. The smallest absolute Gasteiger partial charge is 0.189 e. The Hall–Kier alpha value is -1.17. The van der Waals surface area contributed by atoms with Crippen molar-refractivity contribution in [2.75, 3.05) is 26.2 Å². The molecule has 0 bridgehead atoms. The van der Waals surface area contributed by atoms with Crippen LogP contribution in [0.4, 0.5) is 0 Å². The maximum Gasteiger partial charge on any atom is 0.189 e. The van der Waals surface area contributed by atoms with Crippen LogP contribution in [0.15, 0.2) is 29.4 Å². The fourth-order valence-electron chi connectivity index (χ4n) is 1.83. The van der Waals surface area contributed by atoms with Crippen LogP contribution < -0.4 is 10.7 Å². The molecule has 1 saturated heterocycles. The van der Waals surface area contributed by atoms with Crippen LogP contribution in [0.2, 0.25) is 5.02 Å². The van der Waals surface area contributed by atoms with Crippen molar-refractivity contribution in [3.8, 4) is 0 Å². The quantitative estimate of drug-likeness (QED) is 0.496. The molecule has 0 aromatic heterocycles. The van der Waals surface area contributed by atoms with Gasteiger partial charge in [-0.3, -0.25) is 5.43 Å². The van der Waals surface area contributed by atoms with E-state index in [1.54, 1.807) is 0 Å². The molecule has 6 heteroatoms. The van der Waals surface area contributed by atoms with Crippen LogP contribution in [-0.4, -0.2) is 41.9 Å². The van der Waals surface area contributed by atoms with Crippen molar-refractivity contribution in [2.24, 2.45) is 5.10 Å². The van der Waals surface area contributed by atoms with E-state index in [-0.39, 0.29) is 0 Å². The average molecular weight is 297 g/mol. The van der Waals surface area contributed by atoms with Gasteiger partial charge in [-0.05, 0) is 36.8 Å². The maximum atomic E-state index is 5.86. The molecule has 0 saturated carbocycles. The van der Waals surface area contributed by atoms with Gasteiger partial charge in [0.25, 0.3) is 0 Å². The predicted molar refractivity (Wildman–Crippen MR) is 83.8 cm³/mol. The highest BCUT2D eigenvalue weighted by molar-refractivity contribution is 7.80. The Kier molecular flexibility index (Phi) is 5.13. The van der Waals surface area contributed by atoms with E-state index >= 15 is 0 Å². The molecule has 1 aromatic carbocycles. The molecule has 19 heavy (non-hydrogen) atoms. The summed E-state index contributed by atoms with van der Waals surface area (Å²) in [4.78, 5) is 2.12. The lowest BCUT2D eigenvalue weighted by Gasteiger charge is -2.28. The first-order chi connectivity index (χ1) is 9.16. The fraction of sp³-hybridized carbons (Fsp3) is 0.385. The van der Waals surface area contributed by atoms with Crippen molar-refractivity contribution in [3.63, 3.8) is 0 Å². The Morgan fingerprint density at radius 1 is 1.32 bits per heavy atom. The van der Waals surface area contributed by atoms with Crippen LogP contribution >= 0.6 is 23.8 Å². The molecular formula is C13H17ClN4S. The van der Waals surface area contributed by atoms with Crippen LogP contribution in [0.25, 0.3) is 0 Å². The first kappa shape index (κ1) is 14.2. The molecule has 0 amide bonds. The lowest BCUT2D eigenvalue weighted by Crippen LogP contribution is -2.49. The number of hydrogen-bond donors (Lipinski definition) is 2. The van der Waals surface area contributed by atoms with E-state index < -0.39 is 0 Å². The summed E-state index contributed by atoms with van der Waals surface area (Å²) in [6, 6.07) is 7.59. The molecule has 2 rings (SSSR count). The summed E-state index contributed by atoms with van der Waals surface area (Å²) in [6.45, 7) is 5.70. The lowest BCUT2D eigenvalue weighted by atomic mass is 10.1. The van der Waals surface area contributed by atoms with Gasteiger partial charge in [0.15, 0.2) is 5.11 Å². The Balaban J connectivity index is 1.93. The van der Waals surface area contributed by atoms with Crippen LogP contribution in [-0.2, 0) is 0 Å². The number of thiocarbonyl (C=S) groups is 1. The first-order valence-electron chi connectivity index (χ1n) is 6.22. The van der Waals surface area contributed by atoms with E-state index in [0.29, 0.717) is 5.11 Å². The van der Waals surface area contributed by atoms with Gasteiger partial charge in [-0.15, -0.1) is 0 Å². The molecule has 102 valence electrons. The molecule has 0 unspecified atom stereocenters. The zero-order valence-corrected chi connectivity index (χ0v) is 12.4. The van der Waals surface area contributed by atoms with Gasteiger partial charge in [-0.2, -0.15) is 5.10 Å². The van der Waals surface area contributed by atoms with E-state index in [9.17, 15) is 0 Å². The minimum absolute atomic E-state index is 0.676. The van der Waals surface area contributed by atoms with Crippen molar-refractivity contribution >= 4 is 34.6 Å². The zero-order chi connectivity index (χ0) is 13.7. The van der Waals surface area contributed by atoms with Gasteiger partial charge in [-0.1, -0.05) is 23.7 Å². The molecule has 1 aliphatic heterocycles. The molecule has 0 atom stereocenters. The Bertz CT molecular complexity index is 466. The van der Waals surface area contributed by atoms with Crippen LogP contribution in [0.5, 0.6) is 0 Å². The topological polar surface area (TPSA) is 39.7 Å². The average Bonchev–Trinajstić information content (AvgIpc) is 2.46. The second-order valence-corrected chi connectivity index (χ2v) is 5.18. The largest absolute Gasteiger partial charge is 0.345 e. The van der Waals surface area contributed by atoms with E-state index in [2.05, 4.69) is 20.7 Å². The number of piperazine rings is 1. The number of nitrogens with one attached hydrogen (secondary N) is 2. The van der Waals surface area contributed by atoms with Gasteiger partial charge >= 0.3 is 0 Å². The molecule has 0 aliphatic carbocycles. The Labute approximate surface area is 123 Å². The van der Waals surface area contributed by atoms with Crippen molar-refractivity contribution in [3.05, 3.63) is 34.9 Å². The normalized spacial score (nSPS) is 16.3. The van der Waals surface area contributed by atoms with Crippen molar-refractivity contribution in [1.29, 1.82) is 0 Å². The lowest BCUT2D eigenvalue weighted by molar-refractivity contribution is 0.353. The van der Waals surface area contributed by atoms with Crippen molar-refractivity contribution in [1.82, 2.24) is 15.6 Å².